The molecule has 4 heteroatoms. The van der Waals surface area contributed by atoms with Gasteiger partial charge < -0.3 is 10.1 Å². The Balaban J connectivity index is 2.17. The lowest BCUT2D eigenvalue weighted by molar-refractivity contribution is 0.272. The number of aliphatic hydroxyl groups excluding tert-OH is 1. The lowest BCUT2D eigenvalue weighted by Crippen LogP contribution is -1.89. The first-order valence-electron chi connectivity index (χ1n) is 4.75. The molecule has 15 heavy (non-hydrogen) atoms. The summed E-state index contributed by atoms with van der Waals surface area (Å²) in [5.74, 6) is 0.647. The Bertz CT molecular complexity index is 533. The molecule has 1 aliphatic rings. The number of nitrogens with one attached hydrogen (secondary N) is 1. The van der Waals surface area contributed by atoms with E-state index in [4.69, 9.17) is 5.11 Å². The third-order valence-corrected chi connectivity index (χ3v) is 3.16. The molecule has 0 saturated carbocycles. The molecule has 0 radical (unpaired) electrons. The predicted octanol–water partition coefficient (Wildman–Crippen LogP) is 2.24. The second-order valence-electron chi connectivity index (χ2n) is 3.65. The van der Waals surface area contributed by atoms with E-state index < -0.39 is 0 Å². The highest BCUT2D eigenvalue weighted by atomic mass is 79.9. The number of rotatable bonds is 1. The van der Waals surface area contributed by atoms with Crippen LogP contribution in [0.2, 0.25) is 0 Å². The lowest BCUT2D eigenvalue weighted by atomic mass is 10.1. The van der Waals surface area contributed by atoms with Gasteiger partial charge in [0.05, 0.1) is 5.69 Å². The first-order chi connectivity index (χ1) is 7.28. The average Bonchev–Trinajstić information content (AvgIpc) is 2.73. The molecule has 0 fully saturated rings. The van der Waals surface area contributed by atoms with Crippen LogP contribution in [0.3, 0.4) is 0 Å². The van der Waals surface area contributed by atoms with Gasteiger partial charge in [-0.15, -0.1) is 0 Å². The summed E-state index contributed by atoms with van der Waals surface area (Å²) in [5.41, 5.74) is 4.54. The molecule has 3 rings (SSSR count). The minimum Gasteiger partial charge on any atom is -0.388 e. The van der Waals surface area contributed by atoms with E-state index in [1.165, 1.54) is 11.1 Å². The van der Waals surface area contributed by atoms with Gasteiger partial charge in [0.25, 0.3) is 0 Å². The third-order valence-electron chi connectivity index (χ3n) is 2.67. The van der Waals surface area contributed by atoms with Crippen molar-refractivity contribution in [1.29, 1.82) is 0 Å². The van der Waals surface area contributed by atoms with Gasteiger partial charge in [-0.25, -0.2) is 4.98 Å². The monoisotopic (exact) mass is 264 g/mol. The van der Waals surface area contributed by atoms with E-state index in [2.05, 4.69) is 38.0 Å². The number of hydrogen-bond acceptors (Lipinski definition) is 2. The molecule has 2 N–H and O–H groups in total. The van der Waals surface area contributed by atoms with Crippen molar-refractivity contribution in [2.24, 2.45) is 0 Å². The molecule has 1 aliphatic carbocycles. The van der Waals surface area contributed by atoms with Gasteiger partial charge in [-0.05, 0) is 17.7 Å². The molecule has 0 saturated heterocycles. The number of aromatic nitrogens is 2. The number of imidazole rings is 1. The molecule has 1 aromatic carbocycles. The van der Waals surface area contributed by atoms with Crippen LogP contribution in [-0.2, 0) is 13.0 Å². The van der Waals surface area contributed by atoms with Crippen LogP contribution < -0.4 is 0 Å². The highest BCUT2D eigenvalue weighted by Crippen LogP contribution is 2.36. The molecule has 1 aromatic heterocycles. The fourth-order valence-electron chi connectivity index (χ4n) is 2.02. The van der Waals surface area contributed by atoms with Crippen LogP contribution in [0.5, 0.6) is 0 Å². The maximum absolute atomic E-state index is 8.99. The minimum absolute atomic E-state index is 0.0289. The molecule has 0 atom stereocenters. The summed E-state index contributed by atoms with van der Waals surface area (Å²) in [5, 5.41) is 8.99. The molecule has 0 unspecified atom stereocenters. The molecule has 0 aliphatic heterocycles. The maximum atomic E-state index is 8.99. The summed E-state index contributed by atoms with van der Waals surface area (Å²) in [6, 6.07) is 6.19. The van der Waals surface area contributed by atoms with E-state index in [-0.39, 0.29) is 6.61 Å². The number of aromatic amines is 1. The topological polar surface area (TPSA) is 48.9 Å². The van der Waals surface area contributed by atoms with Crippen molar-refractivity contribution in [3.8, 4) is 11.3 Å². The van der Waals surface area contributed by atoms with Gasteiger partial charge in [-0.3, -0.25) is 0 Å². The zero-order valence-electron chi connectivity index (χ0n) is 7.92. The van der Waals surface area contributed by atoms with E-state index >= 15 is 0 Å². The van der Waals surface area contributed by atoms with E-state index in [1.54, 1.807) is 0 Å². The summed E-state index contributed by atoms with van der Waals surface area (Å²) < 4.78 is 1.09. The average molecular weight is 265 g/mol. The minimum atomic E-state index is -0.0289. The van der Waals surface area contributed by atoms with Crippen LogP contribution in [-0.4, -0.2) is 15.1 Å². The summed E-state index contributed by atoms with van der Waals surface area (Å²) >= 11 is 3.46. The van der Waals surface area contributed by atoms with Gasteiger partial charge in [0.2, 0.25) is 0 Å². The number of fused-ring (bicyclic) bond motifs is 3. The fraction of sp³-hybridized carbons (Fsp3) is 0.182. The first kappa shape index (κ1) is 9.12. The van der Waals surface area contributed by atoms with Crippen molar-refractivity contribution in [3.05, 3.63) is 39.8 Å². The Morgan fingerprint density at radius 2 is 2.33 bits per heavy atom. The third kappa shape index (κ3) is 1.33. The summed E-state index contributed by atoms with van der Waals surface area (Å²) in [4.78, 5) is 7.49. The van der Waals surface area contributed by atoms with Gasteiger partial charge in [-0.1, -0.05) is 22.0 Å². The largest absolute Gasteiger partial charge is 0.388 e. The number of halogens is 1. The predicted molar refractivity (Wildman–Crippen MR) is 60.5 cm³/mol. The Morgan fingerprint density at radius 3 is 3.13 bits per heavy atom. The van der Waals surface area contributed by atoms with Crippen molar-refractivity contribution >= 4 is 15.9 Å². The molecule has 0 spiro atoms. The zero-order valence-corrected chi connectivity index (χ0v) is 9.50. The van der Waals surface area contributed by atoms with Crippen LogP contribution >= 0.6 is 15.9 Å². The normalized spacial score (nSPS) is 12.7. The molecule has 3 nitrogen and oxygen atoms in total. The standard InChI is InChI=1S/C11H9BrN2O/c12-7-1-2-8-6(3-7)4-9-11(8)14-10(5-15)13-9/h1-3,15H,4-5H2,(H,13,14). The number of hydrogen-bond donors (Lipinski definition) is 2. The van der Waals surface area contributed by atoms with Gasteiger partial charge in [0, 0.05) is 22.2 Å². The van der Waals surface area contributed by atoms with Crippen LogP contribution in [0.1, 0.15) is 17.1 Å². The summed E-state index contributed by atoms with van der Waals surface area (Å²) in [7, 11) is 0. The van der Waals surface area contributed by atoms with Gasteiger partial charge >= 0.3 is 0 Å². The smallest absolute Gasteiger partial charge is 0.132 e. The molecule has 76 valence electrons. The van der Waals surface area contributed by atoms with Crippen molar-refractivity contribution in [3.63, 3.8) is 0 Å². The first-order valence-corrected chi connectivity index (χ1v) is 5.54. The van der Waals surface area contributed by atoms with E-state index in [9.17, 15) is 0 Å². The van der Waals surface area contributed by atoms with Gasteiger partial charge in [0.15, 0.2) is 0 Å². The van der Waals surface area contributed by atoms with Crippen LogP contribution in [0.15, 0.2) is 22.7 Å². The van der Waals surface area contributed by atoms with Crippen molar-refractivity contribution < 1.29 is 5.11 Å². The van der Waals surface area contributed by atoms with Crippen LogP contribution in [0.4, 0.5) is 0 Å². The van der Waals surface area contributed by atoms with E-state index in [0.717, 1.165) is 22.3 Å². The molecule has 1 heterocycles. The van der Waals surface area contributed by atoms with Crippen molar-refractivity contribution in [2.75, 3.05) is 0 Å². The quantitative estimate of drug-likeness (QED) is 0.708. The Hall–Kier alpha value is -1.13. The second kappa shape index (κ2) is 3.18. The van der Waals surface area contributed by atoms with Crippen LogP contribution in [0.25, 0.3) is 11.3 Å². The molecule has 2 aromatic rings. The van der Waals surface area contributed by atoms with Crippen molar-refractivity contribution in [1.82, 2.24) is 9.97 Å². The molecular weight excluding hydrogens is 256 g/mol. The molecule has 0 amide bonds. The summed E-state index contributed by atoms with van der Waals surface area (Å²) in [6.07, 6.45) is 0.872. The Kier molecular flexibility index (Phi) is 1.94. The molecular formula is C11H9BrN2O. The highest BCUT2D eigenvalue weighted by Gasteiger charge is 2.22. The maximum Gasteiger partial charge on any atom is 0.132 e. The SMILES string of the molecule is OCc1nc2c([nH]1)Cc1cc(Br)ccc1-2. The number of nitrogens with zero attached hydrogens (tertiary/aromatic N) is 1. The summed E-state index contributed by atoms with van der Waals surface area (Å²) in [6.45, 7) is -0.0289. The number of H-pyrrole nitrogens is 1. The Labute approximate surface area is 95.3 Å². The number of aliphatic hydroxyl groups is 1. The van der Waals surface area contributed by atoms with E-state index in [0.29, 0.717) is 5.82 Å². The van der Waals surface area contributed by atoms with Crippen molar-refractivity contribution in [2.45, 2.75) is 13.0 Å². The van der Waals surface area contributed by atoms with Crippen LogP contribution in [0, 0.1) is 0 Å². The molecule has 0 bridgehead atoms. The zero-order chi connectivity index (χ0) is 10.4. The van der Waals surface area contributed by atoms with Gasteiger partial charge in [0.1, 0.15) is 12.4 Å². The Morgan fingerprint density at radius 1 is 1.47 bits per heavy atom. The highest BCUT2D eigenvalue weighted by molar-refractivity contribution is 9.10. The lowest BCUT2D eigenvalue weighted by Gasteiger charge is -1.99. The van der Waals surface area contributed by atoms with E-state index in [1.807, 2.05) is 6.07 Å². The second-order valence-corrected chi connectivity index (χ2v) is 4.56. The number of benzene rings is 1. The van der Waals surface area contributed by atoms with Gasteiger partial charge in [-0.2, -0.15) is 0 Å². The fourth-order valence-corrected chi connectivity index (χ4v) is 2.43.